The minimum atomic E-state index is 0.701. The lowest BCUT2D eigenvalue weighted by Gasteiger charge is -2.29. The highest BCUT2D eigenvalue weighted by Crippen LogP contribution is 2.29. The van der Waals surface area contributed by atoms with Crippen molar-refractivity contribution in [1.29, 1.82) is 0 Å². The van der Waals surface area contributed by atoms with Crippen LogP contribution in [0.2, 0.25) is 0 Å². The number of methoxy groups -OCH3 is 1. The van der Waals surface area contributed by atoms with Gasteiger partial charge in [-0.05, 0) is 20.3 Å². The summed E-state index contributed by atoms with van der Waals surface area (Å²) in [4.78, 5) is 11.5. The van der Waals surface area contributed by atoms with Crippen LogP contribution in [0.15, 0.2) is 36.1 Å². The Morgan fingerprint density at radius 1 is 1.33 bits per heavy atom. The minimum absolute atomic E-state index is 0.701. The zero-order valence-corrected chi connectivity index (χ0v) is 15.1. The molecule has 1 aliphatic rings. The molecule has 1 aliphatic heterocycles. The first-order valence-corrected chi connectivity index (χ1v) is 8.44. The number of rotatable bonds is 6. The predicted molar refractivity (Wildman–Crippen MR) is 98.5 cm³/mol. The van der Waals surface area contributed by atoms with E-state index in [1.807, 2.05) is 25.2 Å². The van der Waals surface area contributed by atoms with E-state index in [0.717, 1.165) is 36.7 Å². The van der Waals surface area contributed by atoms with E-state index >= 15 is 0 Å². The third-order valence-corrected chi connectivity index (χ3v) is 4.06. The van der Waals surface area contributed by atoms with Gasteiger partial charge in [-0.1, -0.05) is 36.8 Å². The van der Waals surface area contributed by atoms with Gasteiger partial charge in [-0.15, -0.1) is 0 Å². The van der Waals surface area contributed by atoms with Crippen LogP contribution in [-0.2, 0) is 4.74 Å². The largest absolute Gasteiger partial charge is 0.491 e. The van der Waals surface area contributed by atoms with Crippen molar-refractivity contribution < 1.29 is 9.47 Å². The van der Waals surface area contributed by atoms with E-state index < -0.39 is 0 Å². The third-order valence-electron chi connectivity index (χ3n) is 4.06. The molecular formula is C19H27N3O2. The molecule has 0 saturated carbocycles. The van der Waals surface area contributed by atoms with Crippen molar-refractivity contribution in [3.8, 4) is 5.75 Å². The minimum Gasteiger partial charge on any atom is -0.491 e. The molecule has 1 fully saturated rings. The van der Waals surface area contributed by atoms with Crippen LogP contribution in [0.25, 0.3) is 5.57 Å². The molecule has 0 unspecified atom stereocenters. The number of morpholine rings is 1. The van der Waals surface area contributed by atoms with Crippen LogP contribution < -0.4 is 9.64 Å². The lowest BCUT2D eigenvalue weighted by atomic mass is 10.1. The van der Waals surface area contributed by atoms with Gasteiger partial charge in [-0.25, -0.2) is 9.97 Å². The monoisotopic (exact) mass is 329 g/mol. The number of hydrogen-bond acceptors (Lipinski definition) is 5. The fraction of sp³-hybridized carbons (Fsp3) is 0.474. The van der Waals surface area contributed by atoms with Gasteiger partial charge in [0.05, 0.1) is 26.5 Å². The Morgan fingerprint density at radius 2 is 2.08 bits per heavy atom. The molecule has 130 valence electrons. The van der Waals surface area contributed by atoms with Crippen LogP contribution in [0, 0.1) is 0 Å². The molecular weight excluding hydrogens is 302 g/mol. The zero-order chi connectivity index (χ0) is 17.4. The number of ether oxygens (including phenoxy) is 2. The molecule has 0 spiro atoms. The summed E-state index contributed by atoms with van der Waals surface area (Å²) >= 11 is 0. The molecule has 5 heteroatoms. The van der Waals surface area contributed by atoms with Crippen LogP contribution in [0.3, 0.4) is 0 Å². The van der Waals surface area contributed by atoms with Crippen LogP contribution in [0.5, 0.6) is 5.75 Å². The normalized spacial score (nSPS) is 16.8. The molecule has 5 nitrogen and oxygen atoms in total. The summed E-state index contributed by atoms with van der Waals surface area (Å²) in [6.07, 6.45) is 10.8. The number of allylic oxidation sites excluding steroid dienone is 6. The van der Waals surface area contributed by atoms with E-state index in [1.165, 1.54) is 5.57 Å². The summed E-state index contributed by atoms with van der Waals surface area (Å²) < 4.78 is 10.9. The second kappa shape index (κ2) is 9.23. The SMILES string of the molecule is C\C=C/C=C\C(=C(/C)CC)c1ncc(OC)c(N2CCOCC2)n1. The molecule has 1 aromatic heterocycles. The van der Waals surface area contributed by atoms with Gasteiger partial charge < -0.3 is 14.4 Å². The maximum atomic E-state index is 5.47. The van der Waals surface area contributed by atoms with E-state index in [-0.39, 0.29) is 0 Å². The molecule has 1 saturated heterocycles. The molecule has 2 heterocycles. The predicted octanol–water partition coefficient (Wildman–Crippen LogP) is 3.64. The van der Waals surface area contributed by atoms with Crippen molar-refractivity contribution >= 4 is 11.4 Å². The molecule has 0 bridgehead atoms. The number of nitrogens with zero attached hydrogens (tertiary/aromatic N) is 3. The summed E-state index contributed by atoms with van der Waals surface area (Å²) in [6, 6.07) is 0. The maximum Gasteiger partial charge on any atom is 0.179 e. The van der Waals surface area contributed by atoms with Gasteiger partial charge in [-0.2, -0.15) is 0 Å². The first kappa shape index (κ1) is 18.2. The van der Waals surface area contributed by atoms with E-state index in [4.69, 9.17) is 14.5 Å². The fourth-order valence-electron chi connectivity index (χ4n) is 2.50. The van der Waals surface area contributed by atoms with E-state index in [0.29, 0.717) is 19.0 Å². The lowest BCUT2D eigenvalue weighted by Crippen LogP contribution is -2.37. The van der Waals surface area contributed by atoms with Crippen LogP contribution >= 0.6 is 0 Å². The average molecular weight is 329 g/mol. The Balaban J connectivity index is 2.44. The average Bonchev–Trinajstić information content (AvgIpc) is 2.65. The number of anilines is 1. The quantitative estimate of drug-likeness (QED) is 0.746. The first-order chi connectivity index (χ1) is 11.7. The molecule has 2 rings (SSSR count). The van der Waals surface area contributed by atoms with Gasteiger partial charge in [0.2, 0.25) is 0 Å². The van der Waals surface area contributed by atoms with Gasteiger partial charge in [0.1, 0.15) is 0 Å². The van der Waals surface area contributed by atoms with E-state index in [1.54, 1.807) is 13.3 Å². The third kappa shape index (κ3) is 4.45. The number of hydrogen-bond donors (Lipinski definition) is 0. The highest BCUT2D eigenvalue weighted by Gasteiger charge is 2.19. The van der Waals surface area contributed by atoms with Crippen molar-refractivity contribution in [3.05, 3.63) is 41.9 Å². The van der Waals surface area contributed by atoms with Gasteiger partial charge >= 0.3 is 0 Å². The standard InChI is InChI=1S/C19H27N3O2/c1-5-7-8-9-16(15(3)6-2)18-20-14-17(23-4)19(21-18)22-10-12-24-13-11-22/h5,7-9,14H,6,10-13H2,1-4H3/b7-5-,9-8-,16-15-. The molecule has 24 heavy (non-hydrogen) atoms. The van der Waals surface area contributed by atoms with Crippen LogP contribution in [0.1, 0.15) is 33.0 Å². The Morgan fingerprint density at radius 3 is 2.71 bits per heavy atom. The summed E-state index contributed by atoms with van der Waals surface area (Å²) in [5.74, 6) is 2.27. The highest BCUT2D eigenvalue weighted by atomic mass is 16.5. The summed E-state index contributed by atoms with van der Waals surface area (Å²) in [5.41, 5.74) is 2.32. The molecule has 0 radical (unpaired) electrons. The Bertz CT molecular complexity index is 629. The summed E-state index contributed by atoms with van der Waals surface area (Å²) in [7, 11) is 1.66. The van der Waals surface area contributed by atoms with Crippen molar-refractivity contribution in [3.63, 3.8) is 0 Å². The van der Waals surface area contributed by atoms with Crippen LogP contribution in [0.4, 0.5) is 5.82 Å². The molecule has 1 aromatic rings. The molecule has 0 amide bonds. The van der Waals surface area contributed by atoms with Gasteiger partial charge in [-0.3, -0.25) is 0 Å². The van der Waals surface area contributed by atoms with Crippen molar-refractivity contribution in [1.82, 2.24) is 9.97 Å². The maximum absolute atomic E-state index is 5.47. The second-order valence-corrected chi connectivity index (χ2v) is 5.62. The lowest BCUT2D eigenvalue weighted by molar-refractivity contribution is 0.122. The molecule has 0 N–H and O–H groups in total. The van der Waals surface area contributed by atoms with Crippen molar-refractivity contribution in [2.75, 3.05) is 38.3 Å². The Hall–Kier alpha value is -2.14. The topological polar surface area (TPSA) is 47.5 Å². The summed E-state index contributed by atoms with van der Waals surface area (Å²) in [5, 5.41) is 0. The summed E-state index contributed by atoms with van der Waals surface area (Å²) in [6.45, 7) is 9.31. The van der Waals surface area contributed by atoms with Crippen molar-refractivity contribution in [2.45, 2.75) is 27.2 Å². The van der Waals surface area contributed by atoms with E-state index in [9.17, 15) is 0 Å². The highest BCUT2D eigenvalue weighted by molar-refractivity contribution is 5.74. The molecule has 0 atom stereocenters. The molecule has 0 aliphatic carbocycles. The van der Waals surface area contributed by atoms with E-state index in [2.05, 4.69) is 29.8 Å². The van der Waals surface area contributed by atoms with Gasteiger partial charge in [0, 0.05) is 18.7 Å². The van der Waals surface area contributed by atoms with Gasteiger partial charge in [0.25, 0.3) is 0 Å². The van der Waals surface area contributed by atoms with Crippen LogP contribution in [-0.4, -0.2) is 43.4 Å². The fourth-order valence-corrected chi connectivity index (χ4v) is 2.50. The Labute approximate surface area is 144 Å². The Kier molecular flexibility index (Phi) is 7.00. The second-order valence-electron chi connectivity index (χ2n) is 5.62. The number of aromatic nitrogens is 2. The smallest absolute Gasteiger partial charge is 0.179 e. The van der Waals surface area contributed by atoms with Gasteiger partial charge in [0.15, 0.2) is 17.4 Å². The first-order valence-electron chi connectivity index (χ1n) is 8.44. The zero-order valence-electron chi connectivity index (χ0n) is 15.1. The van der Waals surface area contributed by atoms with Crippen molar-refractivity contribution in [2.24, 2.45) is 0 Å². The molecule has 0 aromatic carbocycles.